The number of likely N-dealkylation sites (tertiary alicyclic amines) is 1. The van der Waals surface area contributed by atoms with Crippen LogP contribution in [0, 0.1) is 5.41 Å². The van der Waals surface area contributed by atoms with E-state index in [1.165, 1.54) is 11.0 Å². The van der Waals surface area contributed by atoms with Crippen molar-refractivity contribution in [3.63, 3.8) is 0 Å². The van der Waals surface area contributed by atoms with E-state index in [1.807, 2.05) is 22.8 Å². The first kappa shape index (κ1) is 17.8. The van der Waals surface area contributed by atoms with Crippen LogP contribution in [0.1, 0.15) is 36.5 Å². The maximum atomic E-state index is 12.5. The van der Waals surface area contributed by atoms with Crippen LogP contribution in [0.25, 0.3) is 0 Å². The highest BCUT2D eigenvalue weighted by Gasteiger charge is 2.19. The summed E-state index contributed by atoms with van der Waals surface area (Å²) in [7, 11) is 0. The number of anilines is 2. The second-order valence-corrected chi connectivity index (χ2v) is 6.29. The average Bonchev–Trinajstić information content (AvgIpc) is 2.69. The Morgan fingerprint density at radius 1 is 1.27 bits per heavy atom. The van der Waals surface area contributed by atoms with Gasteiger partial charge in [0.15, 0.2) is 0 Å². The first-order chi connectivity index (χ1) is 12.6. The van der Waals surface area contributed by atoms with Gasteiger partial charge in [-0.1, -0.05) is 0 Å². The zero-order valence-electron chi connectivity index (χ0n) is 14.9. The lowest BCUT2D eigenvalue weighted by Crippen LogP contribution is -2.35. The lowest BCUT2D eigenvalue weighted by molar-refractivity contribution is 0.0724. The highest BCUT2D eigenvalue weighted by atomic mass is 16.2. The van der Waals surface area contributed by atoms with Gasteiger partial charge in [0.05, 0.1) is 5.56 Å². The Bertz CT molecular complexity index is 838. The highest BCUT2D eigenvalue weighted by Crippen LogP contribution is 2.22. The van der Waals surface area contributed by atoms with Crippen LogP contribution in [0.2, 0.25) is 0 Å². The summed E-state index contributed by atoms with van der Waals surface area (Å²) in [6.45, 7) is 4.26. The predicted molar refractivity (Wildman–Crippen MR) is 99.1 cm³/mol. The number of aromatic nitrogens is 2. The van der Waals surface area contributed by atoms with Gasteiger partial charge in [-0.3, -0.25) is 19.6 Å². The molecule has 0 radical (unpaired) electrons. The molecule has 0 saturated carbocycles. The second-order valence-electron chi connectivity index (χ2n) is 6.29. The number of hydrogen-bond donors (Lipinski definition) is 1. The van der Waals surface area contributed by atoms with Gasteiger partial charge < -0.3 is 9.80 Å². The van der Waals surface area contributed by atoms with Crippen molar-refractivity contribution in [2.45, 2.75) is 26.2 Å². The van der Waals surface area contributed by atoms with Gasteiger partial charge in [-0.2, -0.15) is 0 Å². The maximum Gasteiger partial charge on any atom is 0.255 e. The monoisotopic (exact) mass is 353 g/mol. The Hall–Kier alpha value is -2.96. The highest BCUT2D eigenvalue weighted by molar-refractivity contribution is 5.94. The minimum Gasteiger partial charge on any atom is -0.339 e. The summed E-state index contributed by atoms with van der Waals surface area (Å²) in [4.78, 5) is 31.7. The Balaban J connectivity index is 1.81. The average molecular weight is 353 g/mol. The van der Waals surface area contributed by atoms with Gasteiger partial charge in [0, 0.05) is 43.8 Å². The topological polar surface area (TPSA) is 82.3 Å². The van der Waals surface area contributed by atoms with Crippen molar-refractivity contribution in [1.29, 1.82) is 5.41 Å². The summed E-state index contributed by atoms with van der Waals surface area (Å²) in [5.74, 6) is 0.734. The van der Waals surface area contributed by atoms with Gasteiger partial charge in [-0.25, -0.2) is 4.98 Å². The Kier molecular flexibility index (Phi) is 5.46. The third-order valence-corrected chi connectivity index (χ3v) is 4.62. The standard InChI is InChI=1S/C19H23N5O2/c1-2-24(16-8-11-23(14-25)17(20)12-16)18-7-6-15(13-21-18)19(26)22-9-4-3-5-10-22/h6-8,11-14,20H,2-5,9-10H2,1H3. The van der Waals surface area contributed by atoms with E-state index < -0.39 is 0 Å². The molecule has 1 aliphatic heterocycles. The normalized spacial score (nSPS) is 14.1. The first-order valence-corrected chi connectivity index (χ1v) is 8.89. The van der Waals surface area contributed by atoms with Gasteiger partial charge in [0.1, 0.15) is 11.3 Å². The van der Waals surface area contributed by atoms with Crippen LogP contribution in [0.3, 0.4) is 0 Å². The van der Waals surface area contributed by atoms with Crippen LogP contribution in [-0.4, -0.2) is 46.4 Å². The zero-order chi connectivity index (χ0) is 18.5. The van der Waals surface area contributed by atoms with E-state index in [0.717, 1.165) is 31.6 Å². The molecule has 26 heavy (non-hydrogen) atoms. The summed E-state index contributed by atoms with van der Waals surface area (Å²) in [5.41, 5.74) is 1.48. The van der Waals surface area contributed by atoms with Crippen molar-refractivity contribution in [2.75, 3.05) is 24.5 Å². The van der Waals surface area contributed by atoms with E-state index >= 15 is 0 Å². The van der Waals surface area contributed by atoms with Crippen molar-refractivity contribution in [1.82, 2.24) is 14.5 Å². The molecular weight excluding hydrogens is 330 g/mol. The lowest BCUT2D eigenvalue weighted by atomic mass is 10.1. The van der Waals surface area contributed by atoms with E-state index in [9.17, 15) is 9.59 Å². The number of carbonyl (C=O) groups is 2. The fraction of sp³-hybridized carbons (Fsp3) is 0.368. The molecule has 1 fully saturated rings. The van der Waals surface area contributed by atoms with Crippen molar-refractivity contribution < 1.29 is 9.59 Å². The van der Waals surface area contributed by atoms with Crippen molar-refractivity contribution in [2.24, 2.45) is 0 Å². The predicted octanol–water partition coefficient (Wildman–Crippen LogP) is 2.18. The van der Waals surface area contributed by atoms with E-state index in [0.29, 0.717) is 24.3 Å². The fourth-order valence-corrected chi connectivity index (χ4v) is 3.19. The summed E-state index contributed by atoms with van der Waals surface area (Å²) >= 11 is 0. The van der Waals surface area contributed by atoms with Crippen LogP contribution in [0.5, 0.6) is 0 Å². The van der Waals surface area contributed by atoms with Crippen LogP contribution < -0.4 is 10.4 Å². The first-order valence-electron chi connectivity index (χ1n) is 8.89. The maximum absolute atomic E-state index is 12.5. The van der Waals surface area contributed by atoms with Crippen LogP contribution in [0.15, 0.2) is 36.7 Å². The summed E-state index contributed by atoms with van der Waals surface area (Å²) in [6, 6.07) is 7.01. The van der Waals surface area contributed by atoms with Gasteiger partial charge in [-0.15, -0.1) is 0 Å². The number of nitrogens with zero attached hydrogens (tertiary/aromatic N) is 4. The summed E-state index contributed by atoms with van der Waals surface area (Å²) in [5, 5.41) is 7.88. The third kappa shape index (κ3) is 3.66. The van der Waals surface area contributed by atoms with Gasteiger partial charge in [0.25, 0.3) is 5.91 Å². The molecule has 7 nitrogen and oxygen atoms in total. The van der Waals surface area contributed by atoms with Crippen molar-refractivity contribution in [3.05, 3.63) is 47.7 Å². The number of hydrogen-bond acceptors (Lipinski definition) is 5. The smallest absolute Gasteiger partial charge is 0.255 e. The zero-order valence-corrected chi connectivity index (χ0v) is 14.9. The Morgan fingerprint density at radius 3 is 2.62 bits per heavy atom. The molecule has 0 aromatic carbocycles. The molecule has 3 heterocycles. The molecule has 0 spiro atoms. The van der Waals surface area contributed by atoms with E-state index in [-0.39, 0.29) is 11.4 Å². The van der Waals surface area contributed by atoms with Crippen molar-refractivity contribution >= 4 is 23.8 Å². The molecule has 0 unspecified atom stereocenters. The largest absolute Gasteiger partial charge is 0.339 e. The quantitative estimate of drug-likeness (QED) is 0.835. The molecule has 1 amide bonds. The molecule has 3 rings (SSSR count). The number of rotatable bonds is 5. The molecule has 0 atom stereocenters. The van der Waals surface area contributed by atoms with Gasteiger partial charge in [0.2, 0.25) is 6.41 Å². The summed E-state index contributed by atoms with van der Waals surface area (Å²) < 4.78 is 1.20. The number of pyridine rings is 2. The SMILES string of the molecule is CCN(c1ccn(C=O)c(=N)c1)c1ccc(C(=O)N2CCCCC2)cn1. The molecule has 0 bridgehead atoms. The second kappa shape index (κ2) is 7.95. The number of amides is 1. The van der Waals surface area contributed by atoms with Gasteiger partial charge >= 0.3 is 0 Å². The molecule has 7 heteroatoms. The minimum atomic E-state index is 0.0342. The fourth-order valence-electron chi connectivity index (χ4n) is 3.19. The number of piperidine rings is 1. The van der Waals surface area contributed by atoms with E-state index in [4.69, 9.17) is 5.41 Å². The molecule has 2 aromatic rings. The molecule has 1 aliphatic rings. The van der Waals surface area contributed by atoms with Crippen molar-refractivity contribution in [3.8, 4) is 0 Å². The summed E-state index contributed by atoms with van der Waals surface area (Å²) in [6.07, 6.45) is 7.08. The molecular formula is C19H23N5O2. The van der Waals surface area contributed by atoms with E-state index in [1.54, 1.807) is 30.6 Å². The van der Waals surface area contributed by atoms with E-state index in [2.05, 4.69) is 4.98 Å². The van der Waals surface area contributed by atoms with Crippen LogP contribution in [0.4, 0.5) is 11.5 Å². The third-order valence-electron chi connectivity index (χ3n) is 4.62. The number of nitrogens with one attached hydrogen (secondary N) is 1. The Labute approximate surface area is 152 Å². The lowest BCUT2D eigenvalue weighted by Gasteiger charge is -2.27. The van der Waals surface area contributed by atoms with Crippen LogP contribution >= 0.6 is 0 Å². The molecule has 0 aliphatic carbocycles. The Morgan fingerprint density at radius 2 is 2.04 bits per heavy atom. The number of carbonyl (C=O) groups excluding carboxylic acids is 2. The molecule has 1 N–H and O–H groups in total. The molecule has 136 valence electrons. The minimum absolute atomic E-state index is 0.0342. The van der Waals surface area contributed by atoms with Gasteiger partial charge in [-0.05, 0) is 44.4 Å². The van der Waals surface area contributed by atoms with Crippen LogP contribution in [-0.2, 0) is 4.79 Å². The molecule has 1 saturated heterocycles. The molecule has 2 aromatic heterocycles.